The topological polar surface area (TPSA) is 103 Å². The summed E-state index contributed by atoms with van der Waals surface area (Å²) < 4.78 is 28.2. The second-order valence-electron chi connectivity index (χ2n) is 4.09. The molecule has 3 N–H and O–H groups in total. The van der Waals surface area contributed by atoms with Crippen LogP contribution in [0.15, 0.2) is 41.6 Å². The van der Waals surface area contributed by atoms with Crippen LogP contribution in [0.5, 0.6) is 0 Å². The van der Waals surface area contributed by atoms with Crippen LogP contribution in [-0.4, -0.2) is 36.5 Å². The van der Waals surface area contributed by atoms with Gasteiger partial charge in [-0.1, -0.05) is 17.1 Å². The van der Waals surface area contributed by atoms with E-state index in [1.807, 2.05) is 0 Å². The molecular weight excluding hydrogens is 290 g/mol. The van der Waals surface area contributed by atoms with Gasteiger partial charge in [-0.3, -0.25) is 4.68 Å². The van der Waals surface area contributed by atoms with Crippen molar-refractivity contribution < 1.29 is 8.42 Å². The lowest BCUT2D eigenvalue weighted by molar-refractivity contribution is 0.553. The quantitative estimate of drug-likeness (QED) is 0.729. The first kappa shape index (κ1) is 15.2. The molecule has 0 fully saturated rings. The SMILES string of the molecule is NCC#Cc1ccc(S(=O)(=O)NCCn2ccnn2)cc1. The maximum atomic E-state index is 12.1. The first-order valence-corrected chi connectivity index (χ1v) is 7.73. The summed E-state index contributed by atoms with van der Waals surface area (Å²) in [6, 6.07) is 6.32. The highest BCUT2D eigenvalue weighted by atomic mass is 32.2. The molecule has 0 saturated heterocycles. The van der Waals surface area contributed by atoms with Gasteiger partial charge in [0.05, 0.1) is 24.2 Å². The minimum Gasteiger partial charge on any atom is -0.320 e. The van der Waals surface area contributed by atoms with Crippen molar-refractivity contribution in [2.45, 2.75) is 11.4 Å². The van der Waals surface area contributed by atoms with E-state index in [4.69, 9.17) is 5.73 Å². The summed E-state index contributed by atoms with van der Waals surface area (Å²) in [6.45, 7) is 0.920. The van der Waals surface area contributed by atoms with Gasteiger partial charge in [0.15, 0.2) is 0 Å². The lowest BCUT2D eigenvalue weighted by atomic mass is 10.2. The Hall–Kier alpha value is -2.21. The van der Waals surface area contributed by atoms with Gasteiger partial charge in [-0.05, 0) is 24.3 Å². The number of hydrogen-bond acceptors (Lipinski definition) is 5. The lowest BCUT2D eigenvalue weighted by Gasteiger charge is -2.06. The van der Waals surface area contributed by atoms with E-state index in [2.05, 4.69) is 26.9 Å². The maximum Gasteiger partial charge on any atom is 0.240 e. The minimum atomic E-state index is -3.54. The zero-order valence-corrected chi connectivity index (χ0v) is 12.0. The van der Waals surface area contributed by atoms with Crippen molar-refractivity contribution in [3.8, 4) is 11.8 Å². The molecule has 0 atom stereocenters. The van der Waals surface area contributed by atoms with E-state index in [1.165, 1.54) is 18.3 Å². The molecule has 2 aromatic rings. The van der Waals surface area contributed by atoms with Crippen molar-refractivity contribution >= 4 is 10.0 Å². The summed E-state index contributed by atoms with van der Waals surface area (Å²) in [7, 11) is -3.54. The Morgan fingerprint density at radius 2 is 2.05 bits per heavy atom. The van der Waals surface area contributed by atoms with E-state index in [1.54, 1.807) is 23.0 Å². The van der Waals surface area contributed by atoms with Crippen molar-refractivity contribution in [1.82, 2.24) is 19.7 Å². The summed E-state index contributed by atoms with van der Waals surface area (Å²) in [5.74, 6) is 5.55. The average Bonchev–Trinajstić information content (AvgIpc) is 2.98. The number of hydrogen-bond donors (Lipinski definition) is 2. The van der Waals surface area contributed by atoms with Gasteiger partial charge in [-0.2, -0.15) is 0 Å². The monoisotopic (exact) mass is 305 g/mol. The Kier molecular flexibility index (Phi) is 5.05. The molecule has 21 heavy (non-hydrogen) atoms. The van der Waals surface area contributed by atoms with Crippen LogP contribution in [0, 0.1) is 11.8 Å². The summed E-state index contributed by atoms with van der Waals surface area (Å²) in [5, 5.41) is 7.40. The standard InChI is InChI=1S/C13H15N5O2S/c14-7-1-2-12-3-5-13(6-4-12)21(19,20)16-9-11-18-10-8-15-17-18/h3-6,8,10,16H,7,9,11,14H2. The predicted molar refractivity (Wildman–Crippen MR) is 77.6 cm³/mol. The zero-order valence-electron chi connectivity index (χ0n) is 11.2. The second-order valence-corrected chi connectivity index (χ2v) is 5.86. The Morgan fingerprint density at radius 3 is 2.67 bits per heavy atom. The molecule has 0 radical (unpaired) electrons. The molecule has 1 aromatic heterocycles. The normalized spacial score (nSPS) is 10.9. The highest BCUT2D eigenvalue weighted by Crippen LogP contribution is 2.09. The third-order valence-electron chi connectivity index (χ3n) is 2.60. The minimum absolute atomic E-state index is 0.194. The van der Waals surface area contributed by atoms with E-state index in [0.29, 0.717) is 6.54 Å². The van der Waals surface area contributed by atoms with Crippen molar-refractivity contribution in [2.24, 2.45) is 5.73 Å². The fraction of sp³-hybridized carbons (Fsp3) is 0.231. The molecule has 0 saturated carbocycles. The maximum absolute atomic E-state index is 12.1. The molecule has 0 aliphatic heterocycles. The van der Waals surface area contributed by atoms with Gasteiger partial charge in [0, 0.05) is 18.3 Å². The number of nitrogens with one attached hydrogen (secondary N) is 1. The van der Waals surface area contributed by atoms with Crippen LogP contribution in [0.2, 0.25) is 0 Å². The molecule has 7 nitrogen and oxygen atoms in total. The van der Waals surface area contributed by atoms with Crippen LogP contribution in [0.1, 0.15) is 5.56 Å². The fourth-order valence-corrected chi connectivity index (χ4v) is 2.62. The van der Waals surface area contributed by atoms with Gasteiger partial charge in [-0.25, -0.2) is 13.1 Å². The van der Waals surface area contributed by atoms with Gasteiger partial charge < -0.3 is 5.73 Å². The van der Waals surface area contributed by atoms with Gasteiger partial charge in [0.25, 0.3) is 0 Å². The first-order chi connectivity index (χ1) is 10.1. The van der Waals surface area contributed by atoms with E-state index in [9.17, 15) is 8.42 Å². The molecule has 0 unspecified atom stereocenters. The summed E-state index contributed by atoms with van der Waals surface area (Å²) in [4.78, 5) is 0.194. The Balaban J connectivity index is 1.98. The van der Waals surface area contributed by atoms with Crippen LogP contribution < -0.4 is 10.5 Å². The Bertz CT molecular complexity index is 727. The molecule has 1 aromatic carbocycles. The summed E-state index contributed by atoms with van der Waals surface area (Å²) >= 11 is 0. The van der Waals surface area contributed by atoms with Gasteiger partial charge in [0.2, 0.25) is 10.0 Å². The van der Waals surface area contributed by atoms with Crippen LogP contribution in [0.25, 0.3) is 0 Å². The fourth-order valence-electron chi connectivity index (χ4n) is 1.60. The average molecular weight is 305 g/mol. The van der Waals surface area contributed by atoms with Gasteiger partial charge >= 0.3 is 0 Å². The van der Waals surface area contributed by atoms with Crippen LogP contribution in [0.4, 0.5) is 0 Å². The number of aromatic nitrogens is 3. The van der Waals surface area contributed by atoms with Crippen molar-refractivity contribution in [1.29, 1.82) is 0 Å². The van der Waals surface area contributed by atoms with E-state index >= 15 is 0 Å². The number of nitrogens with zero attached hydrogens (tertiary/aromatic N) is 3. The number of nitrogens with two attached hydrogens (primary N) is 1. The van der Waals surface area contributed by atoms with Crippen molar-refractivity contribution in [3.63, 3.8) is 0 Å². The molecule has 0 aliphatic rings. The van der Waals surface area contributed by atoms with Crippen LogP contribution in [0.3, 0.4) is 0 Å². The third kappa shape index (κ3) is 4.39. The Labute approximate surface area is 123 Å². The molecule has 110 valence electrons. The number of benzene rings is 1. The molecular formula is C13H15N5O2S. The smallest absolute Gasteiger partial charge is 0.240 e. The second kappa shape index (κ2) is 6.99. The van der Waals surface area contributed by atoms with Crippen molar-refractivity contribution in [3.05, 3.63) is 42.2 Å². The molecule has 1 heterocycles. The van der Waals surface area contributed by atoms with E-state index in [0.717, 1.165) is 5.56 Å². The highest BCUT2D eigenvalue weighted by molar-refractivity contribution is 7.89. The first-order valence-electron chi connectivity index (χ1n) is 6.24. The van der Waals surface area contributed by atoms with E-state index < -0.39 is 10.0 Å². The van der Waals surface area contributed by atoms with Gasteiger partial charge in [0.1, 0.15) is 0 Å². The predicted octanol–water partition coefficient (Wildman–Crippen LogP) is -0.433. The van der Waals surface area contributed by atoms with Crippen LogP contribution in [-0.2, 0) is 16.6 Å². The Morgan fingerprint density at radius 1 is 1.29 bits per heavy atom. The van der Waals surface area contributed by atoms with E-state index in [-0.39, 0.29) is 18.0 Å². The van der Waals surface area contributed by atoms with Crippen LogP contribution >= 0.6 is 0 Å². The summed E-state index contributed by atoms with van der Waals surface area (Å²) in [5.41, 5.74) is 6.00. The van der Waals surface area contributed by atoms with Gasteiger partial charge in [-0.15, -0.1) is 5.10 Å². The number of rotatable bonds is 5. The molecule has 8 heteroatoms. The lowest BCUT2D eigenvalue weighted by Crippen LogP contribution is -2.27. The summed E-state index contributed by atoms with van der Waals surface area (Å²) in [6.07, 6.45) is 3.20. The molecule has 0 amide bonds. The number of sulfonamides is 1. The zero-order chi connectivity index (χ0) is 15.1. The third-order valence-corrected chi connectivity index (χ3v) is 4.08. The van der Waals surface area contributed by atoms with Crippen molar-refractivity contribution in [2.75, 3.05) is 13.1 Å². The largest absolute Gasteiger partial charge is 0.320 e. The highest BCUT2D eigenvalue weighted by Gasteiger charge is 2.12. The molecule has 0 spiro atoms. The molecule has 2 rings (SSSR count). The molecule has 0 bridgehead atoms. The molecule has 0 aliphatic carbocycles.